The fraction of sp³-hybridized carbons (Fsp3) is 0.310. The number of morpholine rings is 1. The van der Waals surface area contributed by atoms with E-state index in [1.165, 1.54) is 17.0 Å². The zero-order chi connectivity index (χ0) is 25.9. The van der Waals surface area contributed by atoms with E-state index >= 15 is 0 Å². The second-order valence-corrected chi connectivity index (χ2v) is 9.28. The molecule has 2 fully saturated rings. The third kappa shape index (κ3) is 5.08. The summed E-state index contributed by atoms with van der Waals surface area (Å²) in [5, 5.41) is 13.1. The summed E-state index contributed by atoms with van der Waals surface area (Å²) in [7, 11) is 1.59. The van der Waals surface area contributed by atoms with Gasteiger partial charge in [-0.1, -0.05) is 30.3 Å². The van der Waals surface area contributed by atoms with Crippen molar-refractivity contribution in [3.63, 3.8) is 0 Å². The minimum absolute atomic E-state index is 0.0100. The average Bonchev–Trinajstić information content (AvgIpc) is 3.18. The second-order valence-electron chi connectivity index (χ2n) is 9.28. The van der Waals surface area contributed by atoms with E-state index in [2.05, 4.69) is 4.90 Å². The summed E-state index contributed by atoms with van der Waals surface area (Å²) in [6.45, 7) is 4.11. The van der Waals surface area contributed by atoms with Crippen LogP contribution >= 0.6 is 0 Å². The molecular formula is C29H29FN2O5. The SMILES string of the molecule is COc1ccc2cc(/C(O)=C3\C(=O)C(=O)N(CCCN4CCOCC4)C3c3ccc(F)cc3)ccc2c1. The molecule has 2 aliphatic heterocycles. The van der Waals surface area contributed by atoms with Crippen LogP contribution in [0.3, 0.4) is 0 Å². The number of aliphatic hydroxyl groups is 1. The highest BCUT2D eigenvalue weighted by Crippen LogP contribution is 2.40. The molecule has 1 atom stereocenters. The zero-order valence-electron chi connectivity index (χ0n) is 20.7. The molecule has 0 radical (unpaired) electrons. The third-order valence-electron chi connectivity index (χ3n) is 7.02. The first-order chi connectivity index (χ1) is 18.0. The molecule has 3 aromatic rings. The number of hydrogen-bond acceptors (Lipinski definition) is 6. The summed E-state index contributed by atoms with van der Waals surface area (Å²) in [5.74, 6) is -1.36. The summed E-state index contributed by atoms with van der Waals surface area (Å²) in [6, 6.07) is 15.8. The van der Waals surface area contributed by atoms with Crippen molar-refractivity contribution >= 4 is 28.2 Å². The molecule has 192 valence electrons. The monoisotopic (exact) mass is 504 g/mol. The number of carbonyl (C=O) groups is 2. The van der Waals surface area contributed by atoms with Gasteiger partial charge in [0, 0.05) is 31.7 Å². The van der Waals surface area contributed by atoms with Crippen molar-refractivity contribution in [2.75, 3.05) is 46.5 Å². The molecule has 0 aromatic heterocycles. The topological polar surface area (TPSA) is 79.3 Å². The Kier molecular flexibility index (Phi) is 7.21. The van der Waals surface area contributed by atoms with E-state index in [9.17, 15) is 19.1 Å². The van der Waals surface area contributed by atoms with Gasteiger partial charge < -0.3 is 19.5 Å². The lowest BCUT2D eigenvalue weighted by molar-refractivity contribution is -0.140. The Morgan fingerprint density at radius 3 is 2.43 bits per heavy atom. The Bertz CT molecular complexity index is 1350. The van der Waals surface area contributed by atoms with Gasteiger partial charge in [0.05, 0.1) is 31.9 Å². The number of methoxy groups -OCH3 is 1. The number of rotatable bonds is 7. The highest BCUT2D eigenvalue weighted by molar-refractivity contribution is 6.46. The maximum absolute atomic E-state index is 13.7. The molecule has 2 saturated heterocycles. The lowest BCUT2D eigenvalue weighted by atomic mass is 9.94. The molecule has 2 heterocycles. The number of halogens is 1. The van der Waals surface area contributed by atoms with Gasteiger partial charge in [-0.2, -0.15) is 0 Å². The average molecular weight is 505 g/mol. The van der Waals surface area contributed by atoms with Crippen LogP contribution in [-0.2, 0) is 14.3 Å². The Hall–Kier alpha value is -3.75. The normalized spacial score (nSPS) is 20.1. The van der Waals surface area contributed by atoms with Crippen LogP contribution in [0.25, 0.3) is 16.5 Å². The van der Waals surface area contributed by atoms with E-state index in [1.807, 2.05) is 24.3 Å². The van der Waals surface area contributed by atoms with Gasteiger partial charge in [-0.05, 0) is 53.1 Å². The van der Waals surface area contributed by atoms with Gasteiger partial charge >= 0.3 is 0 Å². The first-order valence-electron chi connectivity index (χ1n) is 12.4. The summed E-state index contributed by atoms with van der Waals surface area (Å²) in [5.41, 5.74) is 1.01. The quantitative estimate of drug-likeness (QED) is 0.296. The van der Waals surface area contributed by atoms with Crippen LogP contribution in [-0.4, -0.2) is 73.1 Å². The molecule has 1 N–H and O–H groups in total. The summed E-state index contributed by atoms with van der Waals surface area (Å²) >= 11 is 0. The molecule has 2 aliphatic rings. The second kappa shape index (κ2) is 10.7. The number of aliphatic hydroxyl groups excluding tert-OH is 1. The Morgan fingerprint density at radius 2 is 1.70 bits per heavy atom. The van der Waals surface area contributed by atoms with Crippen molar-refractivity contribution in [1.82, 2.24) is 9.80 Å². The molecule has 0 spiro atoms. The minimum atomic E-state index is -0.808. The van der Waals surface area contributed by atoms with Crippen LogP contribution in [0.4, 0.5) is 4.39 Å². The molecule has 5 rings (SSSR count). The molecule has 0 saturated carbocycles. The minimum Gasteiger partial charge on any atom is -0.507 e. The van der Waals surface area contributed by atoms with Crippen molar-refractivity contribution in [2.24, 2.45) is 0 Å². The molecule has 7 nitrogen and oxygen atoms in total. The van der Waals surface area contributed by atoms with Crippen molar-refractivity contribution in [3.05, 3.63) is 83.2 Å². The smallest absolute Gasteiger partial charge is 0.295 e. The Morgan fingerprint density at radius 1 is 1.00 bits per heavy atom. The van der Waals surface area contributed by atoms with Gasteiger partial charge in [0.15, 0.2) is 0 Å². The number of ether oxygens (including phenoxy) is 2. The number of nitrogens with zero attached hydrogens (tertiary/aromatic N) is 2. The molecule has 3 aromatic carbocycles. The van der Waals surface area contributed by atoms with Crippen LogP contribution < -0.4 is 4.74 Å². The number of fused-ring (bicyclic) bond motifs is 1. The number of hydrogen-bond donors (Lipinski definition) is 1. The van der Waals surface area contributed by atoms with Crippen LogP contribution in [0.1, 0.15) is 23.6 Å². The Balaban J connectivity index is 1.50. The predicted molar refractivity (Wildman–Crippen MR) is 138 cm³/mol. The van der Waals surface area contributed by atoms with Gasteiger partial charge in [0.25, 0.3) is 11.7 Å². The fourth-order valence-corrected chi connectivity index (χ4v) is 5.05. The van der Waals surface area contributed by atoms with E-state index in [1.54, 1.807) is 31.4 Å². The number of carbonyl (C=O) groups excluding carboxylic acids is 2. The largest absolute Gasteiger partial charge is 0.507 e. The summed E-state index contributed by atoms with van der Waals surface area (Å²) < 4.78 is 24.4. The van der Waals surface area contributed by atoms with Crippen LogP contribution in [0, 0.1) is 5.82 Å². The van der Waals surface area contributed by atoms with Gasteiger partial charge in [0.1, 0.15) is 17.3 Å². The molecule has 0 bridgehead atoms. The summed E-state index contributed by atoms with van der Waals surface area (Å²) in [4.78, 5) is 30.2. The maximum atomic E-state index is 13.7. The van der Waals surface area contributed by atoms with Crippen molar-refractivity contribution < 1.29 is 28.6 Å². The van der Waals surface area contributed by atoms with Crippen molar-refractivity contribution in [3.8, 4) is 5.75 Å². The number of benzene rings is 3. The predicted octanol–water partition coefficient (Wildman–Crippen LogP) is 4.13. The van der Waals surface area contributed by atoms with E-state index in [4.69, 9.17) is 9.47 Å². The molecule has 37 heavy (non-hydrogen) atoms. The van der Waals surface area contributed by atoms with Crippen molar-refractivity contribution in [1.29, 1.82) is 0 Å². The lowest BCUT2D eigenvalue weighted by Gasteiger charge is -2.29. The standard InChI is InChI=1S/C29H29FN2O5/c1-36-24-10-7-20-17-22(4-3-21(20)18-24)27(33)25-26(19-5-8-23(30)9-6-19)32(29(35)28(25)34)12-2-11-31-13-15-37-16-14-31/h3-10,17-18,26,33H,2,11-16H2,1H3/b27-25+. The van der Waals surface area contributed by atoms with Crippen LogP contribution in [0.15, 0.2) is 66.2 Å². The van der Waals surface area contributed by atoms with Gasteiger partial charge in [-0.3, -0.25) is 14.5 Å². The van der Waals surface area contributed by atoms with E-state index in [0.29, 0.717) is 43.1 Å². The van der Waals surface area contributed by atoms with Crippen LogP contribution in [0.2, 0.25) is 0 Å². The van der Waals surface area contributed by atoms with Gasteiger partial charge in [0.2, 0.25) is 0 Å². The number of ketones is 1. The third-order valence-corrected chi connectivity index (χ3v) is 7.02. The molecule has 1 unspecified atom stereocenters. The molecule has 8 heteroatoms. The number of Topliss-reactive ketones (excluding diaryl/α,β-unsaturated/α-hetero) is 1. The lowest BCUT2D eigenvalue weighted by Crippen LogP contribution is -2.38. The highest BCUT2D eigenvalue weighted by Gasteiger charge is 2.45. The fourth-order valence-electron chi connectivity index (χ4n) is 5.05. The number of likely N-dealkylation sites (tertiary alicyclic amines) is 1. The molecule has 0 aliphatic carbocycles. The number of amides is 1. The summed E-state index contributed by atoms with van der Waals surface area (Å²) in [6.07, 6.45) is 0.655. The van der Waals surface area contributed by atoms with Crippen LogP contribution in [0.5, 0.6) is 5.75 Å². The maximum Gasteiger partial charge on any atom is 0.295 e. The first-order valence-corrected chi connectivity index (χ1v) is 12.4. The van der Waals surface area contributed by atoms with E-state index in [-0.39, 0.29) is 11.3 Å². The Labute approximate surface area is 214 Å². The van der Waals surface area contributed by atoms with Gasteiger partial charge in [-0.25, -0.2) is 4.39 Å². The highest BCUT2D eigenvalue weighted by atomic mass is 19.1. The zero-order valence-corrected chi connectivity index (χ0v) is 20.7. The van der Waals surface area contributed by atoms with E-state index < -0.39 is 23.5 Å². The molecular weight excluding hydrogens is 475 g/mol. The van der Waals surface area contributed by atoms with E-state index in [0.717, 1.165) is 30.4 Å². The van der Waals surface area contributed by atoms with Gasteiger partial charge in [-0.15, -0.1) is 0 Å². The molecule has 1 amide bonds. The van der Waals surface area contributed by atoms with Crippen molar-refractivity contribution in [2.45, 2.75) is 12.5 Å². The first kappa shape index (κ1) is 24.9.